The van der Waals surface area contributed by atoms with Gasteiger partial charge in [0.05, 0.1) is 4.88 Å². The Balaban J connectivity index is 1.46. The third-order valence-corrected chi connectivity index (χ3v) is 4.39. The van der Waals surface area contributed by atoms with Crippen molar-refractivity contribution < 1.29 is 19.1 Å². The zero-order valence-corrected chi connectivity index (χ0v) is 14.2. The number of benzene rings is 2. The first-order chi connectivity index (χ1) is 12.2. The first kappa shape index (κ1) is 16.9. The second-order valence-electron chi connectivity index (χ2n) is 5.24. The van der Waals surface area contributed by atoms with E-state index in [1.54, 1.807) is 29.6 Å². The summed E-state index contributed by atoms with van der Waals surface area (Å²) >= 11 is 1.32. The van der Waals surface area contributed by atoms with E-state index in [-0.39, 0.29) is 19.0 Å². The predicted octanol–water partition coefficient (Wildman–Crippen LogP) is 4.22. The van der Waals surface area contributed by atoms with Crippen LogP contribution in [0, 0.1) is 0 Å². The highest BCUT2D eigenvalue weighted by molar-refractivity contribution is 7.12. The van der Waals surface area contributed by atoms with Gasteiger partial charge in [-0.15, -0.1) is 11.3 Å². The molecule has 0 saturated carbocycles. The van der Waals surface area contributed by atoms with E-state index in [0.717, 1.165) is 11.1 Å². The van der Waals surface area contributed by atoms with Gasteiger partial charge in [0.2, 0.25) is 5.78 Å². The molecule has 0 spiro atoms. The van der Waals surface area contributed by atoms with E-state index in [2.05, 4.69) is 0 Å². The Morgan fingerprint density at radius 3 is 2.20 bits per heavy atom. The molecule has 2 aromatic carbocycles. The summed E-state index contributed by atoms with van der Waals surface area (Å²) in [6.45, 7) is -0.502. The van der Waals surface area contributed by atoms with Crippen molar-refractivity contribution in [3.63, 3.8) is 0 Å². The number of carbonyl (C=O) groups is 2. The van der Waals surface area contributed by atoms with Crippen LogP contribution in [0.25, 0.3) is 11.1 Å². The van der Waals surface area contributed by atoms with Gasteiger partial charge in [-0.25, -0.2) is 4.79 Å². The van der Waals surface area contributed by atoms with Crippen molar-refractivity contribution in [2.45, 2.75) is 0 Å². The quantitative estimate of drug-likeness (QED) is 0.472. The molecule has 0 amide bonds. The second-order valence-corrected chi connectivity index (χ2v) is 6.19. The van der Waals surface area contributed by atoms with Gasteiger partial charge in [-0.3, -0.25) is 4.79 Å². The molecule has 1 aromatic heterocycles. The molecule has 1 heterocycles. The number of rotatable bonds is 7. The van der Waals surface area contributed by atoms with E-state index in [1.807, 2.05) is 42.5 Å². The Morgan fingerprint density at radius 1 is 0.800 bits per heavy atom. The fourth-order valence-electron chi connectivity index (χ4n) is 2.21. The van der Waals surface area contributed by atoms with Crippen LogP contribution in [-0.4, -0.2) is 25.0 Å². The molecule has 0 aliphatic heterocycles. The molecular weight excluding hydrogens is 336 g/mol. The van der Waals surface area contributed by atoms with E-state index in [1.165, 1.54) is 11.3 Å². The third-order valence-electron chi connectivity index (χ3n) is 3.48. The van der Waals surface area contributed by atoms with E-state index >= 15 is 0 Å². The van der Waals surface area contributed by atoms with Crippen LogP contribution in [0.4, 0.5) is 0 Å². The molecule has 0 aliphatic rings. The van der Waals surface area contributed by atoms with E-state index in [9.17, 15) is 9.59 Å². The van der Waals surface area contributed by atoms with Gasteiger partial charge in [0.25, 0.3) is 0 Å². The second kappa shape index (κ2) is 8.26. The molecule has 0 N–H and O–H groups in total. The number of Topliss-reactive ketones (excluding diaryl/α,β-unsaturated/α-hetero) is 1. The fourth-order valence-corrected chi connectivity index (χ4v) is 2.86. The highest BCUT2D eigenvalue weighted by Gasteiger charge is 2.11. The molecular formula is C20H16O4S. The minimum atomic E-state index is -0.572. The molecule has 0 bridgehead atoms. The van der Waals surface area contributed by atoms with Crippen molar-refractivity contribution in [1.82, 2.24) is 0 Å². The maximum absolute atomic E-state index is 11.7. The summed E-state index contributed by atoms with van der Waals surface area (Å²) in [6.07, 6.45) is 0. The molecule has 0 saturated heterocycles. The van der Waals surface area contributed by atoms with Gasteiger partial charge in [-0.2, -0.15) is 0 Å². The number of thiophene rings is 1. The number of ketones is 1. The summed E-state index contributed by atoms with van der Waals surface area (Å²) in [4.78, 5) is 24.0. The summed E-state index contributed by atoms with van der Waals surface area (Å²) in [5.41, 5.74) is 2.18. The highest BCUT2D eigenvalue weighted by atomic mass is 32.1. The van der Waals surface area contributed by atoms with E-state index < -0.39 is 5.97 Å². The zero-order chi connectivity index (χ0) is 17.5. The average molecular weight is 352 g/mol. The molecule has 0 atom stereocenters. The smallest absolute Gasteiger partial charge is 0.344 e. The molecule has 5 heteroatoms. The summed E-state index contributed by atoms with van der Waals surface area (Å²) in [5.74, 6) is -0.214. The summed E-state index contributed by atoms with van der Waals surface area (Å²) in [6, 6.07) is 20.9. The lowest BCUT2D eigenvalue weighted by molar-refractivity contribution is -0.144. The van der Waals surface area contributed by atoms with Gasteiger partial charge in [-0.1, -0.05) is 48.5 Å². The van der Waals surface area contributed by atoms with Crippen LogP contribution in [0.1, 0.15) is 9.67 Å². The van der Waals surface area contributed by atoms with Crippen molar-refractivity contribution in [2.24, 2.45) is 0 Å². The number of hydrogen-bond acceptors (Lipinski definition) is 5. The number of ether oxygens (including phenoxy) is 2. The predicted molar refractivity (Wildman–Crippen MR) is 97.0 cm³/mol. The zero-order valence-electron chi connectivity index (χ0n) is 13.4. The van der Waals surface area contributed by atoms with Crippen LogP contribution in [0.3, 0.4) is 0 Å². The van der Waals surface area contributed by atoms with E-state index in [0.29, 0.717) is 10.6 Å². The molecule has 0 aliphatic carbocycles. The van der Waals surface area contributed by atoms with Gasteiger partial charge in [0.1, 0.15) is 5.75 Å². The lowest BCUT2D eigenvalue weighted by Gasteiger charge is -2.07. The number of carbonyl (C=O) groups excluding carboxylic acids is 2. The maximum atomic E-state index is 11.7. The van der Waals surface area contributed by atoms with Crippen molar-refractivity contribution in [1.29, 1.82) is 0 Å². The minimum Gasteiger partial charge on any atom is -0.482 e. The number of esters is 1. The maximum Gasteiger partial charge on any atom is 0.344 e. The van der Waals surface area contributed by atoms with Gasteiger partial charge in [0.15, 0.2) is 13.2 Å². The van der Waals surface area contributed by atoms with Crippen LogP contribution < -0.4 is 4.74 Å². The Hall–Kier alpha value is -2.92. The van der Waals surface area contributed by atoms with Gasteiger partial charge in [0, 0.05) is 0 Å². The Kier molecular flexibility index (Phi) is 5.59. The summed E-state index contributed by atoms with van der Waals surface area (Å²) < 4.78 is 10.3. The van der Waals surface area contributed by atoms with Crippen LogP contribution in [0.15, 0.2) is 72.1 Å². The average Bonchev–Trinajstić information content (AvgIpc) is 3.20. The van der Waals surface area contributed by atoms with Crippen LogP contribution in [0.2, 0.25) is 0 Å². The molecule has 3 aromatic rings. The highest BCUT2D eigenvalue weighted by Crippen LogP contribution is 2.22. The first-order valence-corrected chi connectivity index (χ1v) is 8.61. The minimum absolute atomic E-state index is 0.212. The molecule has 4 nitrogen and oxygen atoms in total. The third kappa shape index (κ3) is 4.78. The molecule has 25 heavy (non-hydrogen) atoms. The summed E-state index contributed by atoms with van der Waals surface area (Å²) in [7, 11) is 0. The number of hydrogen-bond donors (Lipinski definition) is 0. The van der Waals surface area contributed by atoms with Crippen LogP contribution >= 0.6 is 11.3 Å². The lowest BCUT2D eigenvalue weighted by Crippen LogP contribution is -2.19. The van der Waals surface area contributed by atoms with Gasteiger partial charge < -0.3 is 9.47 Å². The fraction of sp³-hybridized carbons (Fsp3) is 0.100. The van der Waals surface area contributed by atoms with Crippen molar-refractivity contribution in [2.75, 3.05) is 13.2 Å². The van der Waals surface area contributed by atoms with Gasteiger partial charge in [-0.05, 0) is 34.7 Å². The van der Waals surface area contributed by atoms with Crippen molar-refractivity contribution in [3.8, 4) is 16.9 Å². The summed E-state index contributed by atoms with van der Waals surface area (Å²) in [5, 5.41) is 1.80. The van der Waals surface area contributed by atoms with Crippen molar-refractivity contribution >= 4 is 23.1 Å². The molecule has 0 radical (unpaired) electrons. The van der Waals surface area contributed by atoms with Crippen LogP contribution in [0.5, 0.6) is 5.75 Å². The largest absolute Gasteiger partial charge is 0.482 e. The van der Waals surface area contributed by atoms with Crippen LogP contribution in [-0.2, 0) is 9.53 Å². The topological polar surface area (TPSA) is 52.6 Å². The van der Waals surface area contributed by atoms with E-state index in [4.69, 9.17) is 9.47 Å². The Morgan fingerprint density at radius 2 is 1.52 bits per heavy atom. The SMILES string of the molecule is O=C(COc1ccc(-c2ccccc2)cc1)OCC(=O)c1cccs1. The van der Waals surface area contributed by atoms with Crippen molar-refractivity contribution in [3.05, 3.63) is 77.0 Å². The molecule has 0 unspecified atom stereocenters. The molecule has 3 rings (SSSR count). The monoisotopic (exact) mass is 352 g/mol. The molecule has 0 fully saturated rings. The first-order valence-electron chi connectivity index (χ1n) is 7.73. The molecule has 126 valence electrons. The Labute approximate surface area is 149 Å². The standard InChI is InChI=1S/C20H16O4S/c21-18(19-7-4-12-25-19)13-24-20(22)14-23-17-10-8-16(9-11-17)15-5-2-1-3-6-15/h1-12H,13-14H2. The van der Waals surface area contributed by atoms with Gasteiger partial charge >= 0.3 is 5.97 Å². The normalized spacial score (nSPS) is 10.2. The Bertz CT molecular complexity index is 824. The lowest BCUT2D eigenvalue weighted by atomic mass is 10.1.